The van der Waals surface area contributed by atoms with Gasteiger partial charge < -0.3 is 15.5 Å². The Morgan fingerprint density at radius 1 is 0.548 bits per heavy atom. The number of aliphatic hydroxyl groups excluding tert-OH is 2. The van der Waals surface area contributed by atoms with Crippen molar-refractivity contribution in [3.63, 3.8) is 0 Å². The van der Waals surface area contributed by atoms with E-state index < -0.39 is 12.1 Å². The fraction of sp³-hybridized carbons (Fsp3) is 0.868. The van der Waals surface area contributed by atoms with Gasteiger partial charge in [0.05, 0.1) is 18.8 Å². The first-order chi connectivity index (χ1) is 20.7. The highest BCUT2D eigenvalue weighted by Crippen LogP contribution is 2.13. The average Bonchev–Trinajstić information content (AvgIpc) is 2.99. The number of carbonyl (C=O) groups excluding carboxylic acids is 1. The summed E-state index contributed by atoms with van der Waals surface area (Å²) in [6.07, 6.45) is 42.6. The Morgan fingerprint density at radius 2 is 0.905 bits per heavy atom. The van der Waals surface area contributed by atoms with Crippen LogP contribution in [0.2, 0.25) is 0 Å². The molecule has 0 rings (SSSR count). The molecular formula is C38H73NO3. The Morgan fingerprint density at radius 3 is 1.31 bits per heavy atom. The molecule has 0 aromatic carbocycles. The predicted molar refractivity (Wildman–Crippen MR) is 184 cm³/mol. The van der Waals surface area contributed by atoms with E-state index in [0.29, 0.717) is 6.42 Å². The van der Waals surface area contributed by atoms with Gasteiger partial charge >= 0.3 is 0 Å². The maximum Gasteiger partial charge on any atom is 0.220 e. The molecule has 0 aromatic heterocycles. The lowest BCUT2D eigenvalue weighted by Crippen LogP contribution is -2.45. The fourth-order valence-electron chi connectivity index (χ4n) is 5.52. The number of allylic oxidation sites excluding steroid dienone is 3. The molecule has 2 atom stereocenters. The summed E-state index contributed by atoms with van der Waals surface area (Å²) in [5.74, 6) is -0.0706. The number of rotatable bonds is 33. The molecule has 0 bridgehead atoms. The van der Waals surface area contributed by atoms with Crippen molar-refractivity contribution < 1.29 is 15.0 Å². The lowest BCUT2D eigenvalue weighted by atomic mass is 10.1. The zero-order valence-corrected chi connectivity index (χ0v) is 28.3. The van der Waals surface area contributed by atoms with Gasteiger partial charge in [0.1, 0.15) is 0 Å². The van der Waals surface area contributed by atoms with Crippen LogP contribution < -0.4 is 5.32 Å². The van der Waals surface area contributed by atoms with Gasteiger partial charge in [-0.2, -0.15) is 0 Å². The van der Waals surface area contributed by atoms with E-state index in [4.69, 9.17) is 0 Å². The van der Waals surface area contributed by atoms with Crippen molar-refractivity contribution in [2.75, 3.05) is 6.61 Å². The molecule has 0 saturated heterocycles. The minimum Gasteiger partial charge on any atom is -0.394 e. The van der Waals surface area contributed by atoms with Gasteiger partial charge in [0.2, 0.25) is 5.91 Å². The summed E-state index contributed by atoms with van der Waals surface area (Å²) in [5.41, 5.74) is 0. The largest absolute Gasteiger partial charge is 0.394 e. The molecule has 1 amide bonds. The first-order valence-electron chi connectivity index (χ1n) is 18.6. The minimum atomic E-state index is -0.835. The van der Waals surface area contributed by atoms with Gasteiger partial charge in [-0.05, 0) is 44.9 Å². The van der Waals surface area contributed by atoms with Crippen LogP contribution in [-0.2, 0) is 4.79 Å². The number of hydrogen-bond donors (Lipinski definition) is 3. The molecule has 0 aliphatic carbocycles. The number of hydrogen-bond acceptors (Lipinski definition) is 3. The molecule has 0 aliphatic rings. The molecule has 0 saturated carbocycles. The van der Waals surface area contributed by atoms with Crippen LogP contribution in [0, 0.1) is 0 Å². The Balaban J connectivity index is 3.57. The highest BCUT2D eigenvalue weighted by atomic mass is 16.3. The normalized spacial score (nSPS) is 13.3. The summed E-state index contributed by atoms with van der Waals surface area (Å²) in [4.78, 5) is 12.3. The molecule has 0 heterocycles. The van der Waals surface area contributed by atoms with Crippen LogP contribution in [0.5, 0.6) is 0 Å². The van der Waals surface area contributed by atoms with Crippen molar-refractivity contribution in [2.45, 2.75) is 206 Å². The Bertz CT molecular complexity index is 603. The highest BCUT2D eigenvalue weighted by molar-refractivity contribution is 5.76. The molecule has 2 unspecified atom stereocenters. The fourth-order valence-corrected chi connectivity index (χ4v) is 5.52. The van der Waals surface area contributed by atoms with E-state index in [1.807, 2.05) is 6.08 Å². The molecule has 4 heteroatoms. The Labute approximate surface area is 262 Å². The quantitative estimate of drug-likeness (QED) is 0.0525. The van der Waals surface area contributed by atoms with Crippen LogP contribution in [0.1, 0.15) is 194 Å². The number of unbranched alkanes of at least 4 members (excludes halogenated alkanes) is 24. The van der Waals surface area contributed by atoms with Gasteiger partial charge in [-0.1, -0.05) is 167 Å². The van der Waals surface area contributed by atoms with Crippen LogP contribution in [-0.4, -0.2) is 34.9 Å². The summed E-state index contributed by atoms with van der Waals surface area (Å²) >= 11 is 0. The molecule has 0 aliphatic heterocycles. The van der Waals surface area contributed by atoms with Crippen molar-refractivity contribution in [3.8, 4) is 0 Å². The van der Waals surface area contributed by atoms with Crippen LogP contribution in [0.4, 0.5) is 0 Å². The highest BCUT2D eigenvalue weighted by Gasteiger charge is 2.17. The molecule has 42 heavy (non-hydrogen) atoms. The third-order valence-electron chi connectivity index (χ3n) is 8.43. The molecule has 0 spiro atoms. The zero-order chi connectivity index (χ0) is 30.8. The molecule has 0 aromatic rings. The predicted octanol–water partition coefficient (Wildman–Crippen LogP) is 10.9. The van der Waals surface area contributed by atoms with E-state index in [9.17, 15) is 15.0 Å². The number of nitrogens with one attached hydrogen (secondary N) is 1. The number of carbonyl (C=O) groups is 1. The van der Waals surface area contributed by atoms with Crippen molar-refractivity contribution in [3.05, 3.63) is 24.3 Å². The Kier molecular flexibility index (Phi) is 33.4. The van der Waals surface area contributed by atoms with Gasteiger partial charge in [-0.15, -0.1) is 0 Å². The summed E-state index contributed by atoms with van der Waals surface area (Å²) in [5, 5.41) is 22.8. The van der Waals surface area contributed by atoms with E-state index in [1.165, 1.54) is 148 Å². The first-order valence-corrected chi connectivity index (χ1v) is 18.6. The summed E-state index contributed by atoms with van der Waals surface area (Å²) < 4.78 is 0. The molecule has 4 nitrogen and oxygen atoms in total. The topological polar surface area (TPSA) is 69.6 Å². The summed E-state index contributed by atoms with van der Waals surface area (Å²) in [7, 11) is 0. The average molecular weight is 592 g/mol. The van der Waals surface area contributed by atoms with Gasteiger partial charge in [-0.25, -0.2) is 0 Å². The monoisotopic (exact) mass is 592 g/mol. The molecular weight excluding hydrogens is 518 g/mol. The molecule has 0 radical (unpaired) electrons. The van der Waals surface area contributed by atoms with Crippen LogP contribution in [0.15, 0.2) is 24.3 Å². The third kappa shape index (κ3) is 30.3. The lowest BCUT2D eigenvalue weighted by molar-refractivity contribution is -0.123. The van der Waals surface area contributed by atoms with Crippen LogP contribution in [0.3, 0.4) is 0 Å². The van der Waals surface area contributed by atoms with Crippen LogP contribution in [0.25, 0.3) is 0 Å². The second-order valence-electron chi connectivity index (χ2n) is 12.6. The van der Waals surface area contributed by atoms with E-state index in [-0.39, 0.29) is 12.5 Å². The molecule has 0 fully saturated rings. The smallest absolute Gasteiger partial charge is 0.220 e. The summed E-state index contributed by atoms with van der Waals surface area (Å²) in [6, 6.07) is -0.619. The Hall–Kier alpha value is -1.13. The number of amides is 1. The van der Waals surface area contributed by atoms with Crippen molar-refractivity contribution in [2.24, 2.45) is 0 Å². The van der Waals surface area contributed by atoms with Gasteiger partial charge in [0.25, 0.3) is 0 Å². The van der Waals surface area contributed by atoms with Gasteiger partial charge in [0, 0.05) is 6.42 Å². The number of aliphatic hydroxyl groups is 2. The lowest BCUT2D eigenvalue weighted by Gasteiger charge is -2.20. The van der Waals surface area contributed by atoms with E-state index in [2.05, 4.69) is 31.3 Å². The second-order valence-corrected chi connectivity index (χ2v) is 12.6. The standard InChI is InChI=1S/C38H73NO3/c1-3-5-7-9-11-13-15-16-17-18-19-20-21-22-23-24-26-28-30-32-34-38(42)39-36(35-40)37(41)33-31-29-27-25-14-12-10-8-6-4-2/h19-20,31,33,36-37,40-41H,3-18,21-30,32,34-35H2,1-2H3,(H,39,42)/b20-19-,33-31+. The maximum atomic E-state index is 12.3. The summed E-state index contributed by atoms with van der Waals surface area (Å²) in [6.45, 7) is 4.28. The third-order valence-corrected chi connectivity index (χ3v) is 8.43. The van der Waals surface area contributed by atoms with Crippen molar-refractivity contribution in [1.82, 2.24) is 5.32 Å². The van der Waals surface area contributed by atoms with Gasteiger partial charge in [0.15, 0.2) is 0 Å². The van der Waals surface area contributed by atoms with Gasteiger partial charge in [-0.3, -0.25) is 4.79 Å². The molecule has 248 valence electrons. The van der Waals surface area contributed by atoms with Crippen molar-refractivity contribution in [1.29, 1.82) is 0 Å². The molecule has 3 N–H and O–H groups in total. The zero-order valence-electron chi connectivity index (χ0n) is 28.3. The van der Waals surface area contributed by atoms with Crippen molar-refractivity contribution >= 4 is 5.91 Å². The van der Waals surface area contributed by atoms with E-state index >= 15 is 0 Å². The van der Waals surface area contributed by atoms with E-state index in [0.717, 1.165) is 25.7 Å². The van der Waals surface area contributed by atoms with E-state index in [1.54, 1.807) is 6.08 Å². The van der Waals surface area contributed by atoms with Crippen LogP contribution >= 0.6 is 0 Å². The minimum absolute atomic E-state index is 0.0706. The second kappa shape index (κ2) is 34.4. The maximum absolute atomic E-state index is 12.3. The SMILES string of the molecule is CCCCCCCCCC/C=C/C(O)C(CO)NC(=O)CCCCCCCCC/C=C\CCCCCCCCCCC. The first kappa shape index (κ1) is 40.9.